The highest BCUT2D eigenvalue weighted by molar-refractivity contribution is 7.47. The molecule has 3 saturated heterocycles. The number of anilines is 2. The lowest BCUT2D eigenvalue weighted by Gasteiger charge is -2.29. The fourth-order valence-electron chi connectivity index (χ4n) is 7.06. The van der Waals surface area contributed by atoms with Gasteiger partial charge in [-0.25, -0.2) is 32.3 Å². The summed E-state index contributed by atoms with van der Waals surface area (Å²) in [6.07, 6.45) is -12.5. The van der Waals surface area contributed by atoms with Gasteiger partial charge in [-0.05, 0) is 6.42 Å². The number of H-pyrrole nitrogens is 2. The van der Waals surface area contributed by atoms with Crippen LogP contribution in [0.15, 0.2) is 22.2 Å². The van der Waals surface area contributed by atoms with Crippen molar-refractivity contribution in [2.45, 2.75) is 68.3 Å². The van der Waals surface area contributed by atoms with Gasteiger partial charge in [0, 0.05) is 12.8 Å². The number of aromatic amines is 2. The number of nitrogens with two attached hydrogens (primary N) is 2. The zero-order chi connectivity index (χ0) is 46.9. The third-order valence-electron chi connectivity index (χ3n) is 9.91. The first kappa shape index (κ1) is 45.8. The largest absolute Gasteiger partial charge is 0.472 e. The summed E-state index contributed by atoms with van der Waals surface area (Å²) in [4.78, 5) is 93.1. The number of carbonyl (C=O) groups excluding carboxylic acids is 2. The number of halogens is 5. The first-order valence-corrected chi connectivity index (χ1v) is 21.4. The second-order valence-corrected chi connectivity index (χ2v) is 17.0. The zero-order valence-electron chi connectivity index (χ0n) is 32.1. The normalized spacial score (nSPS) is 29.5. The van der Waals surface area contributed by atoms with Crippen molar-refractivity contribution < 1.29 is 87.9 Å². The fourth-order valence-corrected chi connectivity index (χ4v) is 9.00. The Bertz CT molecular complexity index is 2930. The Morgan fingerprint density at radius 2 is 1.26 bits per heavy atom. The average Bonchev–Trinajstić information content (AvgIpc) is 4.00. The minimum atomic E-state index is -5.42. The van der Waals surface area contributed by atoms with Crippen molar-refractivity contribution in [1.29, 1.82) is 0 Å². The molecule has 34 heteroatoms. The smallest absolute Gasteiger partial charge is 0.420 e. The maximum atomic E-state index is 14.1. The molecule has 1 aromatic carbocycles. The molecule has 3 unspecified atom stereocenters. The highest BCUT2D eigenvalue weighted by Gasteiger charge is 2.54. The maximum Gasteiger partial charge on any atom is 0.472 e. The number of aliphatic hydroxyl groups excluding tert-OH is 1. The van der Waals surface area contributed by atoms with E-state index in [1.807, 2.05) is 0 Å². The Labute approximate surface area is 355 Å². The van der Waals surface area contributed by atoms with Gasteiger partial charge in [-0.2, -0.15) is 18.7 Å². The summed E-state index contributed by atoms with van der Waals surface area (Å²) in [5.74, 6) is -17.4. The molecule has 0 spiro atoms. The number of amides is 1. The highest BCUT2D eigenvalue weighted by Crippen LogP contribution is 2.54. The number of benzene rings is 1. The van der Waals surface area contributed by atoms with Crippen LogP contribution in [0.4, 0.5) is 33.8 Å². The lowest BCUT2D eigenvalue weighted by atomic mass is 10.1. The number of hydrogen-bond donors (Lipinski definition) is 8. The number of esters is 1. The molecule has 10 N–H and O–H groups in total. The van der Waals surface area contributed by atoms with Crippen molar-refractivity contribution in [3.8, 4) is 5.75 Å². The monoisotopic (exact) mass is 969 g/mol. The molecule has 10 atom stereocenters. The van der Waals surface area contributed by atoms with Gasteiger partial charge in [0.1, 0.15) is 36.6 Å². The minimum Gasteiger partial charge on any atom is -0.420 e. The van der Waals surface area contributed by atoms with Crippen LogP contribution in [0.25, 0.3) is 22.3 Å². The zero-order valence-corrected chi connectivity index (χ0v) is 33.9. The number of fused-ring (bicyclic) bond motifs is 4. The molecule has 27 nitrogen and oxygen atoms in total. The molecule has 0 saturated carbocycles. The quantitative estimate of drug-likeness (QED) is 0.0244. The number of carbonyl (C=O) groups is 2. The number of nitrogen functional groups attached to an aromatic ring is 2. The summed E-state index contributed by atoms with van der Waals surface area (Å²) in [5.41, 5.74) is 8.70. The van der Waals surface area contributed by atoms with Gasteiger partial charge in [0.15, 0.2) is 34.8 Å². The van der Waals surface area contributed by atoms with E-state index in [1.54, 1.807) is 0 Å². The number of ether oxygens (including phenoxy) is 3. The van der Waals surface area contributed by atoms with Crippen LogP contribution in [-0.2, 0) is 46.3 Å². The van der Waals surface area contributed by atoms with E-state index < -0.39 is 161 Å². The number of nitrogens with zero attached hydrogens (tertiary/aromatic N) is 6. The molecule has 3 fully saturated rings. The third kappa shape index (κ3) is 8.84. The Kier molecular flexibility index (Phi) is 12.1. The fraction of sp³-hybridized carbons (Fsp3) is 0.419. The molecule has 4 aromatic heterocycles. The van der Waals surface area contributed by atoms with Gasteiger partial charge in [-0.15, -0.1) is 0 Å². The van der Waals surface area contributed by atoms with Crippen molar-refractivity contribution in [3.63, 3.8) is 0 Å². The molecule has 0 bridgehead atoms. The maximum absolute atomic E-state index is 14.1. The summed E-state index contributed by atoms with van der Waals surface area (Å²) in [6, 6.07) is -1.72. The van der Waals surface area contributed by atoms with Crippen molar-refractivity contribution in [3.05, 3.63) is 62.4 Å². The lowest BCUT2D eigenvalue weighted by Crippen LogP contribution is -2.48. The van der Waals surface area contributed by atoms with Gasteiger partial charge in [0.2, 0.25) is 52.6 Å². The van der Waals surface area contributed by atoms with Crippen molar-refractivity contribution in [2.75, 3.05) is 24.7 Å². The first-order chi connectivity index (χ1) is 30.6. The number of rotatable bonds is 8. The van der Waals surface area contributed by atoms with E-state index >= 15 is 0 Å². The molecular weight excluding hydrogens is 939 g/mol. The number of phosphoric ester groups is 2. The Hall–Kier alpha value is -5.79. The average molecular weight is 970 g/mol. The lowest BCUT2D eigenvalue weighted by molar-refractivity contribution is -0.135. The van der Waals surface area contributed by atoms with Crippen molar-refractivity contribution >= 4 is 61.7 Å². The number of phosphoric acid groups is 2. The van der Waals surface area contributed by atoms with Gasteiger partial charge < -0.3 is 45.9 Å². The second-order valence-electron chi connectivity index (χ2n) is 14.2. The van der Waals surface area contributed by atoms with Crippen molar-refractivity contribution in [1.82, 2.24) is 44.4 Å². The molecular formula is C31H30F5N11O16P2. The Balaban J connectivity index is 1.05. The molecule has 8 rings (SSSR count). The standard InChI is InChI=1S/C31H30F5N11O16P2/c32-12-13(33)15(35)23(16(36)14(12)34)61-11(49)3-1-2-10(48)41-17-21-8(59-28(17)46-6-39-18-24(46)42-30(37)44-26(18)51)4-57-65(55,56)63-22-9(5-58-64(53,54)62-21)60-29(20(22)50)47-7-40-19-25(47)43-31(38)45-27(19)52/h6-9,17,20-22,28-29,50H,1-5H2,(H,41,48)(H,53,54)(H,55,56)(H3,37,42,44,51)(H3,38,43,45,52)/t8-,9-,17?,20+,21+,22+,28-,29-/m1/s1. The van der Waals surface area contributed by atoms with E-state index in [4.69, 9.17) is 39.0 Å². The minimum absolute atomic E-state index is 0.210. The molecule has 7 heterocycles. The number of aromatic nitrogens is 8. The number of nitrogens with one attached hydrogen (secondary N) is 3. The van der Waals surface area contributed by atoms with E-state index in [0.29, 0.717) is 0 Å². The molecule has 350 valence electrons. The topological polar surface area (TPSA) is 385 Å². The Morgan fingerprint density at radius 3 is 1.82 bits per heavy atom. The van der Waals surface area contributed by atoms with Crippen LogP contribution in [0.2, 0.25) is 0 Å². The van der Waals surface area contributed by atoms with Crippen LogP contribution >= 0.6 is 15.6 Å². The SMILES string of the molecule is Nc1nc2c(ncn2[C@@H]2O[C@@H]3COP(=O)(O)O[C@@H]4[C@H](O)[C@H](n5cnc6c(=O)[nH]c(N)nc65)O[C@@H]4COP(=O)(O)O[C@@H]3C2NC(=O)CCCC(=O)Oc2c(F)c(F)c(F)c(F)c2F)c(=O)[nH]1. The summed E-state index contributed by atoms with van der Waals surface area (Å²) >= 11 is 0. The van der Waals surface area contributed by atoms with Crippen molar-refractivity contribution in [2.24, 2.45) is 0 Å². The van der Waals surface area contributed by atoms with Crippen LogP contribution in [0.3, 0.4) is 0 Å². The molecule has 0 radical (unpaired) electrons. The summed E-state index contributed by atoms with van der Waals surface area (Å²) < 4.78 is 135. The summed E-state index contributed by atoms with van der Waals surface area (Å²) in [6.45, 7) is -2.10. The molecule has 5 aromatic rings. The number of hydrogen-bond acceptors (Lipinski definition) is 20. The Morgan fingerprint density at radius 1 is 0.785 bits per heavy atom. The van der Waals surface area contributed by atoms with E-state index in [9.17, 15) is 65.2 Å². The predicted molar refractivity (Wildman–Crippen MR) is 198 cm³/mol. The van der Waals surface area contributed by atoms with Gasteiger partial charge in [0.25, 0.3) is 11.1 Å². The third-order valence-corrected chi connectivity index (χ3v) is 11.9. The van der Waals surface area contributed by atoms with Crippen LogP contribution in [0.5, 0.6) is 5.75 Å². The molecule has 1 amide bonds. The number of aliphatic hydroxyl groups is 1. The van der Waals surface area contributed by atoms with E-state index in [-0.39, 0.29) is 28.3 Å². The molecule has 3 aliphatic rings. The first-order valence-electron chi connectivity index (χ1n) is 18.4. The van der Waals surface area contributed by atoms with E-state index in [0.717, 1.165) is 21.8 Å². The van der Waals surface area contributed by atoms with Gasteiger partial charge in [-0.1, -0.05) is 0 Å². The van der Waals surface area contributed by atoms with Crippen LogP contribution < -0.4 is 32.6 Å². The van der Waals surface area contributed by atoms with Gasteiger partial charge in [-0.3, -0.25) is 56.4 Å². The molecule has 0 aliphatic carbocycles. The molecule has 3 aliphatic heterocycles. The van der Waals surface area contributed by atoms with Gasteiger partial charge in [0.05, 0.1) is 25.9 Å². The number of imidazole rings is 2. The van der Waals surface area contributed by atoms with Gasteiger partial charge >= 0.3 is 21.6 Å². The second kappa shape index (κ2) is 17.2. The predicted octanol–water partition coefficient (Wildman–Crippen LogP) is -0.453. The highest BCUT2D eigenvalue weighted by atomic mass is 31.2. The summed E-state index contributed by atoms with van der Waals surface area (Å²) in [7, 11) is -10.8. The van der Waals surface area contributed by atoms with E-state index in [2.05, 4.69) is 40.0 Å². The molecule has 65 heavy (non-hydrogen) atoms. The summed E-state index contributed by atoms with van der Waals surface area (Å²) in [5, 5.41) is 13.7. The van der Waals surface area contributed by atoms with Crippen LogP contribution in [0, 0.1) is 29.1 Å². The van der Waals surface area contributed by atoms with Crippen LogP contribution in [-0.4, -0.2) is 116 Å². The van der Waals surface area contributed by atoms with Crippen LogP contribution in [0.1, 0.15) is 31.7 Å². The van der Waals surface area contributed by atoms with E-state index in [1.165, 1.54) is 0 Å².